The molecule has 9 rings (SSSR count). The Kier molecular flexibility index (Phi) is 6.84. The monoisotopic (exact) mass is 626 g/mol. The molecule has 0 unspecified atom stereocenters. The van der Waals surface area contributed by atoms with Crippen molar-refractivity contribution < 1.29 is 0 Å². The molecular weight excluding hydrogens is 593 g/mol. The van der Waals surface area contributed by atoms with E-state index in [1.807, 2.05) is 0 Å². The quantitative estimate of drug-likeness (QED) is 0.190. The van der Waals surface area contributed by atoms with E-state index in [9.17, 15) is 0 Å². The zero-order valence-corrected chi connectivity index (χ0v) is 27.6. The molecule has 0 radical (unpaired) electrons. The van der Waals surface area contributed by atoms with Crippen LogP contribution in [-0.4, -0.2) is 9.97 Å². The van der Waals surface area contributed by atoms with Crippen molar-refractivity contribution in [2.75, 3.05) is 0 Å². The highest BCUT2D eigenvalue weighted by atomic mass is 14.9. The number of rotatable bonds is 5. The lowest BCUT2D eigenvalue weighted by molar-refractivity contribution is 0.666. The highest BCUT2D eigenvalue weighted by Gasteiger charge is 2.38. The standard InChI is InChI=1S/C47H34N2/c1-47(2)41-26-12-11-25-39(41)40-27-28-42-43(44(40)47)45(32-17-7-4-8-18-32)49-46(48-42)36-22-14-20-34(30-36)33-19-13-21-35(29-33)38-24-10-9-23-37(38)31-15-5-3-6-16-31/h3-30H,1-2H3. The summed E-state index contributed by atoms with van der Waals surface area (Å²) < 4.78 is 0. The van der Waals surface area contributed by atoms with E-state index in [0.717, 1.165) is 44.7 Å². The molecule has 0 amide bonds. The number of benzene rings is 7. The van der Waals surface area contributed by atoms with E-state index in [-0.39, 0.29) is 5.41 Å². The third-order valence-corrected chi connectivity index (χ3v) is 10.1. The predicted molar refractivity (Wildman–Crippen MR) is 204 cm³/mol. The van der Waals surface area contributed by atoms with Gasteiger partial charge in [0.15, 0.2) is 5.82 Å². The van der Waals surface area contributed by atoms with Gasteiger partial charge in [-0.3, -0.25) is 0 Å². The highest BCUT2D eigenvalue weighted by Crippen LogP contribution is 2.52. The van der Waals surface area contributed by atoms with Crippen molar-refractivity contribution in [3.05, 3.63) is 181 Å². The normalized spacial score (nSPS) is 12.9. The lowest BCUT2D eigenvalue weighted by Gasteiger charge is -2.24. The van der Waals surface area contributed by atoms with Gasteiger partial charge in [-0.1, -0.05) is 166 Å². The number of fused-ring (bicyclic) bond motifs is 5. The van der Waals surface area contributed by atoms with Crippen LogP contribution in [-0.2, 0) is 5.41 Å². The number of nitrogens with zero attached hydrogens (tertiary/aromatic N) is 2. The maximum Gasteiger partial charge on any atom is 0.160 e. The maximum absolute atomic E-state index is 5.38. The molecule has 2 heteroatoms. The van der Waals surface area contributed by atoms with Crippen molar-refractivity contribution in [3.63, 3.8) is 0 Å². The van der Waals surface area contributed by atoms with Gasteiger partial charge in [0.1, 0.15) is 0 Å². The molecular formula is C47H34N2. The predicted octanol–water partition coefficient (Wildman–Crippen LogP) is 12.3. The summed E-state index contributed by atoms with van der Waals surface area (Å²) in [6, 6.07) is 60.5. The van der Waals surface area contributed by atoms with Crippen molar-refractivity contribution in [2.24, 2.45) is 0 Å². The molecule has 0 aliphatic heterocycles. The minimum Gasteiger partial charge on any atom is -0.228 e. The summed E-state index contributed by atoms with van der Waals surface area (Å²) in [6.45, 7) is 4.66. The third kappa shape index (κ3) is 4.88. The van der Waals surface area contributed by atoms with Crippen molar-refractivity contribution >= 4 is 10.9 Å². The van der Waals surface area contributed by atoms with Crippen LogP contribution in [0.15, 0.2) is 170 Å². The van der Waals surface area contributed by atoms with Crippen molar-refractivity contribution in [1.29, 1.82) is 0 Å². The van der Waals surface area contributed by atoms with Crippen molar-refractivity contribution in [2.45, 2.75) is 19.3 Å². The molecule has 2 nitrogen and oxygen atoms in total. The Morgan fingerprint density at radius 2 is 0.918 bits per heavy atom. The molecule has 0 N–H and O–H groups in total. The minimum absolute atomic E-state index is 0.177. The van der Waals surface area contributed by atoms with E-state index in [4.69, 9.17) is 9.97 Å². The average molecular weight is 627 g/mol. The molecule has 0 spiro atoms. The third-order valence-electron chi connectivity index (χ3n) is 10.1. The Morgan fingerprint density at radius 3 is 1.63 bits per heavy atom. The fourth-order valence-corrected chi connectivity index (χ4v) is 7.74. The molecule has 1 aliphatic rings. The zero-order chi connectivity index (χ0) is 33.0. The second kappa shape index (κ2) is 11.5. The molecule has 0 atom stereocenters. The van der Waals surface area contributed by atoms with Crippen LogP contribution in [0, 0.1) is 0 Å². The van der Waals surface area contributed by atoms with Gasteiger partial charge in [-0.25, -0.2) is 9.97 Å². The summed E-state index contributed by atoms with van der Waals surface area (Å²) in [7, 11) is 0. The van der Waals surface area contributed by atoms with Gasteiger partial charge in [-0.2, -0.15) is 0 Å². The summed E-state index contributed by atoms with van der Waals surface area (Å²) in [5.41, 5.74) is 16.2. The lowest BCUT2D eigenvalue weighted by Crippen LogP contribution is -2.16. The SMILES string of the molecule is CC1(C)c2ccccc2-c2ccc3nc(-c4cccc(-c5cccc(-c6ccccc6-c6ccccc6)c5)c4)nc(-c4ccccc4)c3c21. The van der Waals surface area contributed by atoms with E-state index in [1.165, 1.54) is 44.5 Å². The summed E-state index contributed by atoms with van der Waals surface area (Å²) in [4.78, 5) is 10.7. The smallest absolute Gasteiger partial charge is 0.160 e. The molecule has 1 aromatic heterocycles. The molecule has 232 valence electrons. The first kappa shape index (κ1) is 29.1. The molecule has 0 saturated carbocycles. The van der Waals surface area contributed by atoms with Gasteiger partial charge in [-0.15, -0.1) is 0 Å². The average Bonchev–Trinajstić information content (AvgIpc) is 3.41. The van der Waals surface area contributed by atoms with E-state index < -0.39 is 0 Å². The molecule has 7 aromatic carbocycles. The molecule has 0 fully saturated rings. The first-order valence-electron chi connectivity index (χ1n) is 16.9. The van der Waals surface area contributed by atoms with Crippen molar-refractivity contribution in [3.8, 4) is 67.2 Å². The summed E-state index contributed by atoms with van der Waals surface area (Å²) in [5.74, 6) is 0.729. The zero-order valence-electron chi connectivity index (χ0n) is 27.6. The second-order valence-electron chi connectivity index (χ2n) is 13.4. The number of hydrogen-bond donors (Lipinski definition) is 0. The highest BCUT2D eigenvalue weighted by molar-refractivity contribution is 6.03. The summed E-state index contributed by atoms with van der Waals surface area (Å²) in [6.07, 6.45) is 0. The van der Waals surface area contributed by atoms with E-state index >= 15 is 0 Å². The molecule has 0 saturated heterocycles. The minimum atomic E-state index is -0.177. The summed E-state index contributed by atoms with van der Waals surface area (Å²) in [5, 5.41) is 1.13. The molecule has 49 heavy (non-hydrogen) atoms. The topological polar surface area (TPSA) is 25.8 Å². The fraction of sp³-hybridized carbons (Fsp3) is 0.0638. The molecule has 1 heterocycles. The lowest BCUT2D eigenvalue weighted by atomic mass is 9.80. The Bertz CT molecular complexity index is 2510. The van der Waals surface area contributed by atoms with Gasteiger partial charge in [0.05, 0.1) is 11.2 Å². The molecule has 8 aromatic rings. The van der Waals surface area contributed by atoms with Crippen LogP contribution in [0.4, 0.5) is 0 Å². The Labute approximate surface area is 287 Å². The number of aromatic nitrogens is 2. The van der Waals surface area contributed by atoms with Crippen LogP contribution < -0.4 is 0 Å². The van der Waals surface area contributed by atoms with Gasteiger partial charge < -0.3 is 0 Å². The van der Waals surface area contributed by atoms with Crippen LogP contribution in [0.25, 0.3) is 78.1 Å². The van der Waals surface area contributed by atoms with Crippen LogP contribution in [0.3, 0.4) is 0 Å². The van der Waals surface area contributed by atoms with Crippen LogP contribution >= 0.6 is 0 Å². The first-order valence-corrected chi connectivity index (χ1v) is 16.9. The molecule has 0 bridgehead atoms. The Balaban J connectivity index is 1.18. The van der Waals surface area contributed by atoms with Crippen molar-refractivity contribution in [1.82, 2.24) is 9.97 Å². The van der Waals surface area contributed by atoms with Crippen LogP contribution in [0.5, 0.6) is 0 Å². The van der Waals surface area contributed by atoms with Gasteiger partial charge in [0, 0.05) is 21.9 Å². The number of hydrogen-bond acceptors (Lipinski definition) is 2. The largest absolute Gasteiger partial charge is 0.228 e. The first-order chi connectivity index (χ1) is 24.1. The summed E-state index contributed by atoms with van der Waals surface area (Å²) >= 11 is 0. The van der Waals surface area contributed by atoms with E-state index in [2.05, 4.69) is 184 Å². The van der Waals surface area contributed by atoms with E-state index in [0.29, 0.717) is 0 Å². The van der Waals surface area contributed by atoms with Crippen LogP contribution in [0.1, 0.15) is 25.0 Å². The Hall–Kier alpha value is -6.12. The van der Waals surface area contributed by atoms with Gasteiger partial charge >= 0.3 is 0 Å². The molecule has 1 aliphatic carbocycles. The fourth-order valence-electron chi connectivity index (χ4n) is 7.74. The Morgan fingerprint density at radius 1 is 0.388 bits per heavy atom. The van der Waals surface area contributed by atoms with Gasteiger partial charge in [-0.05, 0) is 73.8 Å². The second-order valence-corrected chi connectivity index (χ2v) is 13.4. The van der Waals surface area contributed by atoms with E-state index in [1.54, 1.807) is 0 Å². The van der Waals surface area contributed by atoms with Gasteiger partial charge in [0.25, 0.3) is 0 Å². The maximum atomic E-state index is 5.38. The van der Waals surface area contributed by atoms with Gasteiger partial charge in [0.2, 0.25) is 0 Å². The van der Waals surface area contributed by atoms with Crippen LogP contribution in [0.2, 0.25) is 0 Å².